The quantitative estimate of drug-likeness (QED) is 0.647. The average Bonchev–Trinajstić information content (AvgIpc) is 2.44. The Hall–Kier alpha value is -1.51. The summed E-state index contributed by atoms with van der Waals surface area (Å²) in [5, 5.41) is 8.91. The molecule has 1 N–H and O–H groups in total. The molecule has 1 rings (SSSR count). The van der Waals surface area contributed by atoms with Gasteiger partial charge in [-0.1, -0.05) is 50.8 Å². The molecule has 3 nitrogen and oxygen atoms in total. The molecule has 20 heavy (non-hydrogen) atoms. The lowest BCUT2D eigenvalue weighted by Gasteiger charge is -2.31. The Labute approximate surface area is 122 Å². The van der Waals surface area contributed by atoms with Crippen LogP contribution in [0.25, 0.3) is 0 Å². The van der Waals surface area contributed by atoms with Crippen LogP contribution in [0.3, 0.4) is 0 Å². The molecule has 0 radical (unpaired) electrons. The second-order valence-corrected chi connectivity index (χ2v) is 5.37. The highest BCUT2D eigenvalue weighted by atomic mass is 16.4. The molecule has 0 aromatic heterocycles. The first-order valence-electron chi connectivity index (χ1n) is 7.68. The van der Waals surface area contributed by atoms with Gasteiger partial charge in [-0.05, 0) is 25.5 Å². The van der Waals surface area contributed by atoms with Gasteiger partial charge in [0.05, 0.1) is 6.42 Å². The van der Waals surface area contributed by atoms with Crippen LogP contribution in [0.1, 0.15) is 52.4 Å². The highest BCUT2D eigenvalue weighted by Crippen LogP contribution is 2.20. The normalized spacial score (nSPS) is 12.1. The fraction of sp³-hybridized carbons (Fsp3) is 0.588. The van der Waals surface area contributed by atoms with E-state index in [4.69, 9.17) is 5.11 Å². The van der Waals surface area contributed by atoms with Crippen molar-refractivity contribution in [1.82, 2.24) is 0 Å². The number of unbranched alkanes of at least 4 members (excludes halogenated alkanes) is 3. The summed E-state index contributed by atoms with van der Waals surface area (Å²) in [6, 6.07) is 10.5. The van der Waals surface area contributed by atoms with E-state index in [1.165, 1.54) is 25.7 Å². The van der Waals surface area contributed by atoms with Gasteiger partial charge in [0, 0.05) is 18.3 Å². The molecule has 1 aromatic carbocycles. The van der Waals surface area contributed by atoms with Crippen LogP contribution in [-0.2, 0) is 4.79 Å². The minimum atomic E-state index is -0.732. The lowest BCUT2D eigenvalue weighted by Crippen LogP contribution is -2.35. The molecule has 0 saturated heterocycles. The molecule has 1 unspecified atom stereocenters. The number of carboxylic acid groups (broad SMARTS) is 1. The number of para-hydroxylation sites is 1. The van der Waals surface area contributed by atoms with Gasteiger partial charge >= 0.3 is 5.97 Å². The van der Waals surface area contributed by atoms with Crippen LogP contribution in [-0.4, -0.2) is 23.7 Å². The van der Waals surface area contributed by atoms with Gasteiger partial charge in [0.25, 0.3) is 0 Å². The average molecular weight is 277 g/mol. The largest absolute Gasteiger partial charge is 0.481 e. The van der Waals surface area contributed by atoms with Crippen LogP contribution in [0.2, 0.25) is 0 Å². The van der Waals surface area contributed by atoms with E-state index >= 15 is 0 Å². The van der Waals surface area contributed by atoms with E-state index < -0.39 is 5.97 Å². The van der Waals surface area contributed by atoms with Crippen LogP contribution in [0, 0.1) is 0 Å². The summed E-state index contributed by atoms with van der Waals surface area (Å²) in [6.45, 7) is 4.99. The van der Waals surface area contributed by atoms with Gasteiger partial charge in [-0.25, -0.2) is 0 Å². The Morgan fingerprint density at radius 3 is 2.50 bits per heavy atom. The standard InChI is InChI=1S/C17H27NO2/c1-3-4-5-7-10-15(2)18(14-13-17(19)20)16-11-8-6-9-12-16/h6,8-9,11-12,15H,3-5,7,10,13-14H2,1-2H3,(H,19,20). The van der Waals surface area contributed by atoms with Crippen molar-refractivity contribution < 1.29 is 9.90 Å². The summed E-state index contributed by atoms with van der Waals surface area (Å²) in [5.41, 5.74) is 1.12. The predicted molar refractivity (Wildman–Crippen MR) is 84.3 cm³/mol. The molecule has 0 aliphatic rings. The molecular weight excluding hydrogens is 250 g/mol. The Morgan fingerprint density at radius 2 is 1.90 bits per heavy atom. The lowest BCUT2D eigenvalue weighted by atomic mass is 10.1. The van der Waals surface area contributed by atoms with E-state index in [1.807, 2.05) is 18.2 Å². The minimum Gasteiger partial charge on any atom is -0.481 e. The van der Waals surface area contributed by atoms with Crippen LogP contribution in [0.5, 0.6) is 0 Å². The number of hydrogen-bond donors (Lipinski definition) is 1. The van der Waals surface area contributed by atoms with Crippen molar-refractivity contribution in [3.63, 3.8) is 0 Å². The zero-order chi connectivity index (χ0) is 14.8. The smallest absolute Gasteiger partial charge is 0.305 e. The van der Waals surface area contributed by atoms with Gasteiger partial charge in [0.15, 0.2) is 0 Å². The third-order valence-electron chi connectivity index (χ3n) is 3.66. The molecule has 0 saturated carbocycles. The molecule has 1 atom stereocenters. The molecular formula is C17H27NO2. The zero-order valence-corrected chi connectivity index (χ0v) is 12.7. The van der Waals surface area contributed by atoms with Crippen molar-refractivity contribution >= 4 is 11.7 Å². The summed E-state index contributed by atoms with van der Waals surface area (Å²) in [7, 11) is 0. The van der Waals surface area contributed by atoms with Crippen LogP contribution >= 0.6 is 0 Å². The van der Waals surface area contributed by atoms with Gasteiger partial charge in [-0.2, -0.15) is 0 Å². The number of rotatable bonds is 10. The first kappa shape index (κ1) is 16.5. The second-order valence-electron chi connectivity index (χ2n) is 5.37. The van der Waals surface area contributed by atoms with Crippen LogP contribution in [0.15, 0.2) is 30.3 Å². The van der Waals surface area contributed by atoms with E-state index in [2.05, 4.69) is 30.9 Å². The topological polar surface area (TPSA) is 40.5 Å². The minimum absolute atomic E-state index is 0.189. The number of aliphatic carboxylic acids is 1. The molecule has 0 heterocycles. The van der Waals surface area contributed by atoms with Crippen LogP contribution < -0.4 is 4.90 Å². The van der Waals surface area contributed by atoms with Crippen LogP contribution in [0.4, 0.5) is 5.69 Å². The third kappa shape index (κ3) is 6.09. The van der Waals surface area contributed by atoms with Gasteiger partial charge in [0.1, 0.15) is 0 Å². The summed E-state index contributed by atoms with van der Waals surface area (Å²) in [5.74, 6) is -0.732. The van der Waals surface area contributed by atoms with Crippen molar-refractivity contribution in [2.45, 2.75) is 58.4 Å². The van der Waals surface area contributed by atoms with Crippen molar-refractivity contribution in [3.05, 3.63) is 30.3 Å². The van der Waals surface area contributed by atoms with Gasteiger partial charge < -0.3 is 10.0 Å². The van der Waals surface area contributed by atoms with Gasteiger partial charge in [-0.3, -0.25) is 4.79 Å². The number of benzene rings is 1. The maximum atomic E-state index is 10.8. The first-order chi connectivity index (χ1) is 9.65. The van der Waals surface area contributed by atoms with E-state index in [9.17, 15) is 4.79 Å². The first-order valence-corrected chi connectivity index (χ1v) is 7.68. The molecule has 0 spiro atoms. The maximum absolute atomic E-state index is 10.8. The Bertz CT molecular complexity index is 378. The van der Waals surface area contributed by atoms with E-state index in [-0.39, 0.29) is 6.42 Å². The number of nitrogens with zero attached hydrogens (tertiary/aromatic N) is 1. The Kier molecular flexibility index (Phi) is 7.78. The van der Waals surface area contributed by atoms with Crippen molar-refractivity contribution in [1.29, 1.82) is 0 Å². The molecule has 0 amide bonds. The third-order valence-corrected chi connectivity index (χ3v) is 3.66. The SMILES string of the molecule is CCCCCCC(C)N(CCC(=O)O)c1ccccc1. The highest BCUT2D eigenvalue weighted by molar-refractivity contribution is 5.67. The van der Waals surface area contributed by atoms with Crippen molar-refractivity contribution in [2.24, 2.45) is 0 Å². The number of hydrogen-bond acceptors (Lipinski definition) is 2. The molecule has 0 bridgehead atoms. The van der Waals surface area contributed by atoms with E-state index in [0.717, 1.165) is 12.1 Å². The molecule has 0 fully saturated rings. The summed E-state index contributed by atoms with van der Waals surface area (Å²) >= 11 is 0. The molecule has 0 aliphatic carbocycles. The molecule has 112 valence electrons. The molecule has 1 aromatic rings. The fourth-order valence-electron chi connectivity index (χ4n) is 2.46. The summed E-state index contributed by atoms with van der Waals surface area (Å²) < 4.78 is 0. The van der Waals surface area contributed by atoms with Gasteiger partial charge in [0.2, 0.25) is 0 Å². The Morgan fingerprint density at radius 1 is 1.20 bits per heavy atom. The van der Waals surface area contributed by atoms with E-state index in [1.54, 1.807) is 0 Å². The lowest BCUT2D eigenvalue weighted by molar-refractivity contribution is -0.136. The summed E-state index contributed by atoms with van der Waals surface area (Å²) in [6.07, 6.45) is 6.32. The Balaban J connectivity index is 2.59. The van der Waals surface area contributed by atoms with Gasteiger partial charge in [-0.15, -0.1) is 0 Å². The molecule has 0 aliphatic heterocycles. The predicted octanol–water partition coefficient (Wildman–Crippen LogP) is 4.33. The zero-order valence-electron chi connectivity index (χ0n) is 12.7. The highest BCUT2D eigenvalue weighted by Gasteiger charge is 2.15. The van der Waals surface area contributed by atoms with Crippen molar-refractivity contribution in [2.75, 3.05) is 11.4 Å². The monoisotopic (exact) mass is 277 g/mol. The fourth-order valence-corrected chi connectivity index (χ4v) is 2.46. The summed E-state index contributed by atoms with van der Waals surface area (Å²) in [4.78, 5) is 13.1. The van der Waals surface area contributed by atoms with Crippen molar-refractivity contribution in [3.8, 4) is 0 Å². The number of carboxylic acids is 1. The van der Waals surface area contributed by atoms with E-state index in [0.29, 0.717) is 12.6 Å². The number of carbonyl (C=O) groups is 1. The number of anilines is 1. The molecule has 3 heteroatoms. The maximum Gasteiger partial charge on any atom is 0.305 e. The second kappa shape index (κ2) is 9.40.